The van der Waals surface area contributed by atoms with Gasteiger partial charge in [-0.25, -0.2) is 0 Å². The molecular formula is C20H24N4O3S. The second kappa shape index (κ2) is 7.87. The molecule has 1 aliphatic carbocycles. The normalized spacial score (nSPS) is 23.9. The maximum absolute atomic E-state index is 13.5. The molecule has 4 rings (SSSR count). The molecule has 2 heterocycles. The van der Waals surface area contributed by atoms with Crippen molar-refractivity contribution in [2.24, 2.45) is 5.92 Å². The molecule has 8 heteroatoms. The van der Waals surface area contributed by atoms with Crippen LogP contribution in [-0.2, 0) is 4.79 Å². The van der Waals surface area contributed by atoms with Crippen LogP contribution >= 0.6 is 11.3 Å². The summed E-state index contributed by atoms with van der Waals surface area (Å²) in [4.78, 5) is 28.4. The Labute approximate surface area is 168 Å². The van der Waals surface area contributed by atoms with Gasteiger partial charge in [0.15, 0.2) is 0 Å². The lowest BCUT2D eigenvalue weighted by Crippen LogP contribution is -2.48. The van der Waals surface area contributed by atoms with Gasteiger partial charge in [0.1, 0.15) is 16.8 Å². The van der Waals surface area contributed by atoms with E-state index < -0.39 is 6.04 Å². The first kappa shape index (κ1) is 18.9. The molecule has 0 radical (unpaired) electrons. The number of nitrogens with zero attached hydrogens (tertiary/aromatic N) is 3. The smallest absolute Gasteiger partial charge is 0.258 e. The summed E-state index contributed by atoms with van der Waals surface area (Å²) in [5, 5.41) is 12.1. The Bertz CT molecular complexity index is 884. The van der Waals surface area contributed by atoms with Crippen molar-refractivity contribution in [3.05, 3.63) is 34.8 Å². The standard InChI is InChI=1S/C20H24N4O3S/c1-12-22-23-20(28-12)21-18(25)16-11-13-7-3-5-9-15(13)24(16)19(26)14-8-4-6-10-17(14)27-2/h4,6,8,10,13,15-16H,3,5,7,9,11H2,1-2H3,(H,21,23,25). The highest BCUT2D eigenvalue weighted by Crippen LogP contribution is 2.41. The fraction of sp³-hybridized carbons (Fsp3) is 0.500. The number of carbonyl (C=O) groups excluding carboxylic acids is 2. The molecule has 2 aromatic rings. The Morgan fingerprint density at radius 3 is 2.75 bits per heavy atom. The first-order valence-corrected chi connectivity index (χ1v) is 10.5. The van der Waals surface area contributed by atoms with Crippen LogP contribution in [0.1, 0.15) is 47.5 Å². The molecule has 1 saturated heterocycles. The Balaban J connectivity index is 1.64. The Hall–Kier alpha value is -2.48. The molecule has 2 amide bonds. The molecule has 2 fully saturated rings. The van der Waals surface area contributed by atoms with Crippen molar-refractivity contribution < 1.29 is 14.3 Å². The van der Waals surface area contributed by atoms with Crippen molar-refractivity contribution in [3.8, 4) is 5.75 Å². The minimum atomic E-state index is -0.505. The number of hydrogen-bond acceptors (Lipinski definition) is 6. The maximum Gasteiger partial charge on any atom is 0.258 e. The van der Waals surface area contributed by atoms with Gasteiger partial charge in [-0.05, 0) is 44.2 Å². The Morgan fingerprint density at radius 2 is 2.00 bits per heavy atom. The first-order valence-electron chi connectivity index (χ1n) is 9.65. The Morgan fingerprint density at radius 1 is 1.21 bits per heavy atom. The molecule has 1 N–H and O–H groups in total. The number of para-hydroxylation sites is 1. The molecule has 1 aromatic heterocycles. The molecule has 1 saturated carbocycles. The van der Waals surface area contributed by atoms with Crippen LogP contribution in [0.5, 0.6) is 5.75 Å². The summed E-state index contributed by atoms with van der Waals surface area (Å²) in [6, 6.07) is 6.79. The van der Waals surface area contributed by atoms with E-state index in [1.807, 2.05) is 19.1 Å². The average molecular weight is 401 g/mol. The second-order valence-corrected chi connectivity index (χ2v) is 8.57. The number of carbonyl (C=O) groups is 2. The minimum Gasteiger partial charge on any atom is -0.496 e. The molecular weight excluding hydrogens is 376 g/mol. The molecule has 2 aliphatic rings. The fourth-order valence-corrected chi connectivity index (χ4v) is 5.08. The second-order valence-electron chi connectivity index (χ2n) is 7.39. The average Bonchev–Trinajstić information content (AvgIpc) is 3.30. The van der Waals surface area contributed by atoms with Gasteiger partial charge < -0.3 is 9.64 Å². The van der Waals surface area contributed by atoms with Gasteiger partial charge in [-0.1, -0.05) is 36.3 Å². The van der Waals surface area contributed by atoms with Crippen molar-refractivity contribution in [3.63, 3.8) is 0 Å². The van der Waals surface area contributed by atoms with Gasteiger partial charge in [-0.3, -0.25) is 14.9 Å². The number of likely N-dealkylation sites (tertiary alicyclic amines) is 1. The molecule has 7 nitrogen and oxygen atoms in total. The van der Waals surface area contributed by atoms with Crippen LogP contribution in [0.2, 0.25) is 0 Å². The van der Waals surface area contributed by atoms with E-state index >= 15 is 0 Å². The van der Waals surface area contributed by atoms with E-state index in [9.17, 15) is 9.59 Å². The number of amides is 2. The lowest BCUT2D eigenvalue weighted by molar-refractivity contribution is -0.120. The first-order chi connectivity index (χ1) is 13.6. The zero-order chi connectivity index (χ0) is 19.7. The minimum absolute atomic E-state index is 0.0954. The van der Waals surface area contributed by atoms with Crippen molar-refractivity contribution in [2.75, 3.05) is 12.4 Å². The van der Waals surface area contributed by atoms with Gasteiger partial charge in [0.25, 0.3) is 5.91 Å². The zero-order valence-corrected chi connectivity index (χ0v) is 16.9. The highest BCUT2D eigenvalue weighted by Gasteiger charge is 2.48. The van der Waals surface area contributed by atoms with E-state index in [1.165, 1.54) is 11.3 Å². The van der Waals surface area contributed by atoms with Crippen LogP contribution in [-0.4, -0.2) is 46.1 Å². The van der Waals surface area contributed by atoms with Gasteiger partial charge in [0.05, 0.1) is 12.7 Å². The fourth-order valence-electron chi connectivity index (χ4n) is 4.48. The number of methoxy groups -OCH3 is 1. The summed E-state index contributed by atoms with van der Waals surface area (Å²) in [5.41, 5.74) is 0.501. The van der Waals surface area contributed by atoms with Crippen LogP contribution in [0, 0.1) is 12.8 Å². The van der Waals surface area contributed by atoms with Crippen molar-refractivity contribution in [1.82, 2.24) is 15.1 Å². The van der Waals surface area contributed by atoms with Gasteiger partial charge in [-0.15, -0.1) is 10.2 Å². The number of aromatic nitrogens is 2. The molecule has 3 atom stereocenters. The zero-order valence-electron chi connectivity index (χ0n) is 16.1. The third-order valence-electron chi connectivity index (χ3n) is 5.72. The van der Waals surface area contributed by atoms with Crippen LogP contribution < -0.4 is 10.1 Å². The van der Waals surface area contributed by atoms with E-state index in [0.29, 0.717) is 28.8 Å². The van der Waals surface area contributed by atoms with E-state index in [0.717, 1.165) is 30.7 Å². The molecule has 1 aliphatic heterocycles. The molecule has 3 unspecified atom stereocenters. The highest BCUT2D eigenvalue weighted by atomic mass is 32.1. The van der Waals surface area contributed by atoms with Crippen molar-refractivity contribution in [1.29, 1.82) is 0 Å². The summed E-state index contributed by atoms with van der Waals surface area (Å²) in [6.45, 7) is 1.84. The third kappa shape index (κ3) is 3.48. The number of nitrogens with one attached hydrogen (secondary N) is 1. The van der Waals surface area contributed by atoms with E-state index in [4.69, 9.17) is 4.74 Å². The molecule has 148 valence electrons. The number of aryl methyl sites for hydroxylation is 1. The largest absolute Gasteiger partial charge is 0.496 e. The predicted molar refractivity (Wildman–Crippen MR) is 107 cm³/mol. The number of benzene rings is 1. The quantitative estimate of drug-likeness (QED) is 0.851. The molecule has 1 aromatic carbocycles. The van der Waals surface area contributed by atoms with Gasteiger partial charge >= 0.3 is 0 Å². The van der Waals surface area contributed by atoms with E-state index in [1.54, 1.807) is 24.1 Å². The van der Waals surface area contributed by atoms with Crippen molar-refractivity contribution >= 4 is 28.3 Å². The lowest BCUT2D eigenvalue weighted by atomic mass is 9.84. The highest BCUT2D eigenvalue weighted by molar-refractivity contribution is 7.15. The topological polar surface area (TPSA) is 84.4 Å². The summed E-state index contributed by atoms with van der Waals surface area (Å²) >= 11 is 1.33. The summed E-state index contributed by atoms with van der Waals surface area (Å²) in [7, 11) is 1.56. The summed E-state index contributed by atoms with van der Waals surface area (Å²) in [5.74, 6) is 0.569. The van der Waals surface area contributed by atoms with Crippen LogP contribution in [0.4, 0.5) is 5.13 Å². The molecule has 28 heavy (non-hydrogen) atoms. The SMILES string of the molecule is COc1ccccc1C(=O)N1C(C(=O)Nc2nnc(C)s2)CC2CCCCC21. The summed E-state index contributed by atoms with van der Waals surface area (Å²) in [6.07, 6.45) is 4.92. The van der Waals surface area contributed by atoms with Crippen LogP contribution in [0.3, 0.4) is 0 Å². The van der Waals surface area contributed by atoms with E-state index in [2.05, 4.69) is 15.5 Å². The Kier molecular flexibility index (Phi) is 5.30. The van der Waals surface area contributed by atoms with Gasteiger partial charge in [-0.2, -0.15) is 0 Å². The number of fused-ring (bicyclic) bond motifs is 1. The lowest BCUT2D eigenvalue weighted by Gasteiger charge is -2.33. The summed E-state index contributed by atoms with van der Waals surface area (Å²) < 4.78 is 5.39. The van der Waals surface area contributed by atoms with Crippen LogP contribution in [0.15, 0.2) is 24.3 Å². The third-order valence-corrected chi connectivity index (χ3v) is 6.47. The number of anilines is 1. The van der Waals surface area contributed by atoms with E-state index in [-0.39, 0.29) is 17.9 Å². The van der Waals surface area contributed by atoms with Gasteiger partial charge in [0, 0.05) is 6.04 Å². The van der Waals surface area contributed by atoms with Crippen LogP contribution in [0.25, 0.3) is 0 Å². The molecule has 0 spiro atoms. The number of ether oxygens (including phenoxy) is 1. The predicted octanol–water partition coefficient (Wildman–Crippen LogP) is 3.27. The van der Waals surface area contributed by atoms with Crippen molar-refractivity contribution in [2.45, 2.75) is 51.1 Å². The number of hydrogen-bond donors (Lipinski definition) is 1. The maximum atomic E-state index is 13.5. The number of rotatable bonds is 4. The molecule has 0 bridgehead atoms. The monoisotopic (exact) mass is 400 g/mol. The van der Waals surface area contributed by atoms with Gasteiger partial charge in [0.2, 0.25) is 11.0 Å².